The van der Waals surface area contributed by atoms with Crippen molar-refractivity contribution in [2.24, 2.45) is 0 Å². The molecule has 0 aliphatic heterocycles. The Hall–Kier alpha value is -1.39. The van der Waals surface area contributed by atoms with E-state index in [-0.39, 0.29) is 12.1 Å². The number of nitrogens with zero attached hydrogens (tertiary/aromatic N) is 1. The van der Waals surface area contributed by atoms with Crippen LogP contribution in [0.1, 0.15) is 24.5 Å². The number of aliphatic hydroxyl groups is 1. The molecule has 1 N–H and O–H groups in total. The Morgan fingerprint density at radius 3 is 2.58 bits per heavy atom. The summed E-state index contributed by atoms with van der Waals surface area (Å²) in [5.74, 6) is -0.223. The number of hydrogen-bond acceptors (Lipinski definition) is 4. The molecule has 0 aliphatic carbocycles. The lowest BCUT2D eigenvalue weighted by atomic mass is 10.0. The summed E-state index contributed by atoms with van der Waals surface area (Å²) in [5, 5.41) is 9.28. The summed E-state index contributed by atoms with van der Waals surface area (Å²) >= 11 is 0. The summed E-state index contributed by atoms with van der Waals surface area (Å²) in [5.41, 5.74) is 2.12. The monoisotopic (exact) mass is 265 g/mol. The molecular formula is C15H23NO3. The van der Waals surface area contributed by atoms with Crippen molar-refractivity contribution in [2.45, 2.75) is 32.4 Å². The van der Waals surface area contributed by atoms with Crippen molar-refractivity contribution in [1.29, 1.82) is 0 Å². The van der Waals surface area contributed by atoms with Crippen LogP contribution in [-0.4, -0.2) is 42.8 Å². The maximum Gasteiger partial charge on any atom is 0.309 e. The topological polar surface area (TPSA) is 49.8 Å². The largest absolute Gasteiger partial charge is 0.469 e. The first kappa shape index (κ1) is 15.7. The molecule has 1 unspecified atom stereocenters. The molecule has 1 aromatic carbocycles. The second-order valence-electron chi connectivity index (χ2n) is 4.90. The average Bonchev–Trinajstić information content (AvgIpc) is 2.38. The number of rotatable bonds is 7. The molecule has 1 aromatic rings. The van der Waals surface area contributed by atoms with Crippen LogP contribution in [0.4, 0.5) is 0 Å². The smallest absolute Gasteiger partial charge is 0.309 e. The first-order valence-corrected chi connectivity index (χ1v) is 6.53. The van der Waals surface area contributed by atoms with Gasteiger partial charge in [-0.2, -0.15) is 0 Å². The van der Waals surface area contributed by atoms with E-state index in [1.165, 1.54) is 7.11 Å². The van der Waals surface area contributed by atoms with Crippen LogP contribution >= 0.6 is 0 Å². The highest BCUT2D eigenvalue weighted by molar-refractivity contribution is 5.72. The SMILES string of the molecule is COC(=O)Cc1ccccc1CN(C)CCC(C)O. The normalized spacial score (nSPS) is 12.5. The van der Waals surface area contributed by atoms with Gasteiger partial charge in [0.2, 0.25) is 0 Å². The van der Waals surface area contributed by atoms with Crippen molar-refractivity contribution in [1.82, 2.24) is 4.90 Å². The fraction of sp³-hybridized carbons (Fsp3) is 0.533. The predicted molar refractivity (Wildman–Crippen MR) is 74.8 cm³/mol. The summed E-state index contributed by atoms with van der Waals surface area (Å²) < 4.78 is 4.71. The van der Waals surface area contributed by atoms with Gasteiger partial charge in [-0.05, 0) is 31.5 Å². The minimum atomic E-state index is -0.284. The van der Waals surface area contributed by atoms with Gasteiger partial charge in [-0.25, -0.2) is 0 Å². The highest BCUT2D eigenvalue weighted by Crippen LogP contribution is 2.12. The van der Waals surface area contributed by atoms with Crippen molar-refractivity contribution in [2.75, 3.05) is 20.7 Å². The minimum absolute atomic E-state index is 0.223. The number of benzene rings is 1. The van der Waals surface area contributed by atoms with E-state index in [9.17, 15) is 9.90 Å². The van der Waals surface area contributed by atoms with Gasteiger partial charge in [-0.3, -0.25) is 4.79 Å². The standard InChI is InChI=1S/C15H23NO3/c1-12(17)8-9-16(2)11-14-7-5-4-6-13(14)10-15(18)19-3/h4-7,12,17H,8-11H2,1-3H3. The number of carbonyl (C=O) groups excluding carboxylic acids is 1. The third-order valence-electron chi connectivity index (χ3n) is 3.05. The number of methoxy groups -OCH3 is 1. The number of hydrogen-bond donors (Lipinski definition) is 1. The van der Waals surface area contributed by atoms with Crippen molar-refractivity contribution in [3.8, 4) is 0 Å². The third kappa shape index (κ3) is 5.85. The first-order chi connectivity index (χ1) is 9.02. The highest BCUT2D eigenvalue weighted by atomic mass is 16.5. The van der Waals surface area contributed by atoms with Crippen molar-refractivity contribution < 1.29 is 14.6 Å². The van der Waals surface area contributed by atoms with Gasteiger partial charge in [-0.1, -0.05) is 24.3 Å². The van der Waals surface area contributed by atoms with Gasteiger partial charge in [-0.15, -0.1) is 0 Å². The molecule has 0 saturated heterocycles. The van der Waals surface area contributed by atoms with Gasteiger partial charge in [0.25, 0.3) is 0 Å². The zero-order valence-electron chi connectivity index (χ0n) is 11.9. The van der Waals surface area contributed by atoms with Crippen LogP contribution in [0.3, 0.4) is 0 Å². The summed E-state index contributed by atoms with van der Waals surface area (Å²) in [6.45, 7) is 3.38. The molecule has 0 spiro atoms. The molecule has 19 heavy (non-hydrogen) atoms. The molecule has 1 rings (SSSR count). The predicted octanol–water partition coefficient (Wildman–Crippen LogP) is 1.60. The van der Waals surface area contributed by atoms with Crippen LogP contribution in [-0.2, 0) is 22.5 Å². The maximum atomic E-state index is 11.4. The number of aliphatic hydroxyl groups excluding tert-OH is 1. The zero-order valence-corrected chi connectivity index (χ0v) is 11.9. The molecule has 0 amide bonds. The Kier molecular flexibility index (Phi) is 6.53. The van der Waals surface area contributed by atoms with Crippen molar-refractivity contribution >= 4 is 5.97 Å². The first-order valence-electron chi connectivity index (χ1n) is 6.53. The molecule has 0 heterocycles. The minimum Gasteiger partial charge on any atom is -0.469 e. The quantitative estimate of drug-likeness (QED) is 0.761. The van der Waals surface area contributed by atoms with E-state index in [0.717, 1.165) is 30.6 Å². The van der Waals surface area contributed by atoms with Crippen LogP contribution in [0.15, 0.2) is 24.3 Å². The molecule has 0 radical (unpaired) electrons. The summed E-state index contributed by atoms with van der Waals surface area (Å²) in [6, 6.07) is 7.88. The molecule has 4 heteroatoms. The molecule has 0 saturated carbocycles. The number of ether oxygens (including phenoxy) is 1. The van der Waals surface area contributed by atoms with Gasteiger partial charge in [0.1, 0.15) is 0 Å². The van der Waals surface area contributed by atoms with E-state index < -0.39 is 0 Å². The molecule has 1 atom stereocenters. The van der Waals surface area contributed by atoms with Crippen molar-refractivity contribution in [3.05, 3.63) is 35.4 Å². The molecule has 4 nitrogen and oxygen atoms in total. The van der Waals surface area contributed by atoms with Crippen molar-refractivity contribution in [3.63, 3.8) is 0 Å². The lowest BCUT2D eigenvalue weighted by molar-refractivity contribution is -0.139. The van der Waals surface area contributed by atoms with Crippen LogP contribution in [0.5, 0.6) is 0 Å². The molecule has 0 fully saturated rings. The molecule has 106 valence electrons. The fourth-order valence-electron chi connectivity index (χ4n) is 1.89. The van der Waals surface area contributed by atoms with Crippen LogP contribution in [0.25, 0.3) is 0 Å². The molecule has 0 bridgehead atoms. The lowest BCUT2D eigenvalue weighted by Crippen LogP contribution is -2.23. The molecular weight excluding hydrogens is 242 g/mol. The van der Waals surface area contributed by atoms with Crippen LogP contribution in [0, 0.1) is 0 Å². The summed E-state index contributed by atoms with van der Waals surface area (Å²) in [4.78, 5) is 13.5. The Balaban J connectivity index is 2.64. The third-order valence-corrected chi connectivity index (χ3v) is 3.05. The number of esters is 1. The lowest BCUT2D eigenvalue weighted by Gasteiger charge is -2.19. The van der Waals surface area contributed by atoms with E-state index in [1.807, 2.05) is 31.3 Å². The van der Waals surface area contributed by atoms with Gasteiger partial charge in [0, 0.05) is 13.1 Å². The van der Waals surface area contributed by atoms with Crippen LogP contribution < -0.4 is 0 Å². The van der Waals surface area contributed by atoms with Crippen LogP contribution in [0.2, 0.25) is 0 Å². The van der Waals surface area contributed by atoms with E-state index in [0.29, 0.717) is 6.42 Å². The van der Waals surface area contributed by atoms with Gasteiger partial charge < -0.3 is 14.7 Å². The van der Waals surface area contributed by atoms with E-state index in [4.69, 9.17) is 4.74 Å². The Morgan fingerprint density at radius 2 is 2.00 bits per heavy atom. The second-order valence-corrected chi connectivity index (χ2v) is 4.90. The zero-order chi connectivity index (χ0) is 14.3. The Morgan fingerprint density at radius 1 is 1.37 bits per heavy atom. The Bertz CT molecular complexity index is 404. The molecule has 0 aromatic heterocycles. The second kappa shape index (κ2) is 7.92. The Labute approximate surface area is 115 Å². The summed E-state index contributed by atoms with van der Waals surface area (Å²) in [6.07, 6.45) is 0.764. The van der Waals surface area contributed by atoms with Gasteiger partial charge >= 0.3 is 5.97 Å². The summed E-state index contributed by atoms with van der Waals surface area (Å²) in [7, 11) is 3.41. The maximum absolute atomic E-state index is 11.4. The fourth-order valence-corrected chi connectivity index (χ4v) is 1.89. The van der Waals surface area contributed by atoms with E-state index >= 15 is 0 Å². The molecule has 0 aliphatic rings. The highest BCUT2D eigenvalue weighted by Gasteiger charge is 2.10. The number of carbonyl (C=O) groups is 1. The average molecular weight is 265 g/mol. The van der Waals surface area contributed by atoms with Gasteiger partial charge in [0.05, 0.1) is 19.6 Å². The van der Waals surface area contributed by atoms with Gasteiger partial charge in [0.15, 0.2) is 0 Å². The van der Waals surface area contributed by atoms with E-state index in [2.05, 4.69) is 4.90 Å². The van der Waals surface area contributed by atoms with E-state index in [1.54, 1.807) is 6.92 Å².